The number of thioether (sulfide) groups is 1. The van der Waals surface area contributed by atoms with E-state index in [2.05, 4.69) is 46.2 Å². The molecule has 0 amide bonds. The van der Waals surface area contributed by atoms with Gasteiger partial charge in [-0.25, -0.2) is 0 Å². The number of benzene rings is 1. The minimum absolute atomic E-state index is 0.782. The molecule has 1 N–H and O–H groups in total. The van der Waals surface area contributed by atoms with E-state index in [4.69, 9.17) is 0 Å². The number of fused-ring (bicyclic) bond motifs is 1. The van der Waals surface area contributed by atoms with E-state index in [1.165, 1.54) is 74.5 Å². The van der Waals surface area contributed by atoms with E-state index in [-0.39, 0.29) is 0 Å². The van der Waals surface area contributed by atoms with E-state index in [0.29, 0.717) is 0 Å². The summed E-state index contributed by atoms with van der Waals surface area (Å²) in [4.78, 5) is 2.58. The van der Waals surface area contributed by atoms with Crippen molar-refractivity contribution in [3.05, 3.63) is 29.8 Å². The van der Waals surface area contributed by atoms with Gasteiger partial charge >= 0.3 is 0 Å². The van der Waals surface area contributed by atoms with Crippen LogP contribution < -0.4 is 10.2 Å². The quantitative estimate of drug-likeness (QED) is 0.838. The molecule has 2 aliphatic heterocycles. The largest absolute Gasteiger partial charge is 0.371 e. The Hall–Kier alpha value is -0.670. The fourth-order valence-electron chi connectivity index (χ4n) is 3.32. The molecule has 0 bridgehead atoms. The van der Waals surface area contributed by atoms with Crippen LogP contribution in [0, 0.1) is 0 Å². The average Bonchev–Trinajstić information content (AvgIpc) is 2.53. The van der Waals surface area contributed by atoms with Crippen molar-refractivity contribution in [1.29, 1.82) is 0 Å². The lowest BCUT2D eigenvalue weighted by atomic mass is 10.0. The maximum atomic E-state index is 3.75. The first-order chi connectivity index (χ1) is 9.93. The summed E-state index contributed by atoms with van der Waals surface area (Å²) in [5, 5.41) is 3.75. The van der Waals surface area contributed by atoms with E-state index in [1.807, 2.05) is 0 Å². The van der Waals surface area contributed by atoms with Crippen molar-refractivity contribution in [2.24, 2.45) is 0 Å². The molecule has 0 saturated carbocycles. The zero-order chi connectivity index (χ0) is 13.6. The van der Waals surface area contributed by atoms with Gasteiger partial charge in [-0.1, -0.05) is 18.2 Å². The van der Waals surface area contributed by atoms with Gasteiger partial charge in [0.2, 0.25) is 0 Å². The van der Waals surface area contributed by atoms with Crippen LogP contribution in [0.4, 0.5) is 5.69 Å². The maximum absolute atomic E-state index is 3.75. The molecule has 1 saturated heterocycles. The first-order valence-corrected chi connectivity index (χ1v) is 9.23. The number of hydrogen-bond acceptors (Lipinski definition) is 3. The highest BCUT2D eigenvalue weighted by molar-refractivity contribution is 7.99. The van der Waals surface area contributed by atoms with Gasteiger partial charge in [0.1, 0.15) is 0 Å². The number of rotatable bonds is 5. The Balaban J connectivity index is 1.43. The topological polar surface area (TPSA) is 15.3 Å². The molecule has 1 fully saturated rings. The van der Waals surface area contributed by atoms with E-state index >= 15 is 0 Å². The molecular formula is C17H26N2S. The van der Waals surface area contributed by atoms with E-state index in [1.54, 1.807) is 0 Å². The fraction of sp³-hybridized carbons (Fsp3) is 0.647. The van der Waals surface area contributed by atoms with Gasteiger partial charge in [-0.15, -0.1) is 0 Å². The number of anilines is 1. The number of aryl methyl sites for hydroxylation is 1. The molecule has 2 aliphatic rings. The zero-order valence-corrected chi connectivity index (χ0v) is 13.1. The second-order valence-electron chi connectivity index (χ2n) is 5.91. The summed E-state index contributed by atoms with van der Waals surface area (Å²) in [6, 6.07) is 9.71. The molecule has 0 aromatic heterocycles. The fourth-order valence-corrected chi connectivity index (χ4v) is 4.43. The molecule has 2 heterocycles. The number of hydrogen-bond donors (Lipinski definition) is 1. The molecule has 0 spiro atoms. The van der Waals surface area contributed by atoms with Gasteiger partial charge in [-0.3, -0.25) is 0 Å². The minimum Gasteiger partial charge on any atom is -0.371 e. The van der Waals surface area contributed by atoms with E-state index in [9.17, 15) is 0 Å². The highest BCUT2D eigenvalue weighted by Crippen LogP contribution is 2.26. The molecule has 0 atom stereocenters. The van der Waals surface area contributed by atoms with Crippen LogP contribution in [-0.4, -0.2) is 37.2 Å². The average molecular weight is 290 g/mol. The van der Waals surface area contributed by atoms with Gasteiger partial charge in [0, 0.05) is 24.8 Å². The lowest BCUT2D eigenvalue weighted by molar-refractivity contribution is 0.475. The van der Waals surface area contributed by atoms with Gasteiger partial charge in [-0.2, -0.15) is 11.8 Å². The Morgan fingerprint density at radius 3 is 2.95 bits per heavy atom. The van der Waals surface area contributed by atoms with Gasteiger partial charge < -0.3 is 10.2 Å². The first-order valence-electron chi connectivity index (χ1n) is 8.07. The molecule has 20 heavy (non-hydrogen) atoms. The van der Waals surface area contributed by atoms with Crippen molar-refractivity contribution in [3.8, 4) is 0 Å². The number of nitrogens with zero attached hydrogens (tertiary/aromatic N) is 1. The van der Waals surface area contributed by atoms with Crippen molar-refractivity contribution in [2.75, 3.05) is 36.0 Å². The van der Waals surface area contributed by atoms with Crippen LogP contribution in [0.5, 0.6) is 0 Å². The highest BCUT2D eigenvalue weighted by Gasteiger charge is 2.16. The van der Waals surface area contributed by atoms with Crippen LogP contribution in [0.3, 0.4) is 0 Å². The summed E-state index contributed by atoms with van der Waals surface area (Å²) >= 11 is 2.10. The van der Waals surface area contributed by atoms with Gasteiger partial charge in [-0.05, 0) is 61.8 Å². The lowest BCUT2D eigenvalue weighted by Gasteiger charge is -2.31. The Kier molecular flexibility index (Phi) is 5.26. The summed E-state index contributed by atoms with van der Waals surface area (Å²) in [5.41, 5.74) is 3.02. The van der Waals surface area contributed by atoms with Crippen molar-refractivity contribution >= 4 is 17.4 Å². The van der Waals surface area contributed by atoms with Gasteiger partial charge in [0.05, 0.1) is 0 Å². The molecular weight excluding hydrogens is 264 g/mol. The second-order valence-corrected chi connectivity index (χ2v) is 7.14. The van der Waals surface area contributed by atoms with Crippen molar-refractivity contribution < 1.29 is 0 Å². The predicted octanol–water partition coefficient (Wildman–Crippen LogP) is 3.31. The standard InChI is InChI=1S/C17H26N2S/c1-2-7-17-15(5-1)6-3-11-19(17)12-4-10-18-16-8-13-20-14-9-16/h1-2,5,7,16,18H,3-4,6,8-14H2. The third-order valence-corrected chi connectivity index (χ3v) is 5.51. The maximum Gasteiger partial charge on any atom is 0.0398 e. The molecule has 110 valence electrons. The Labute approximate surface area is 127 Å². The lowest BCUT2D eigenvalue weighted by Crippen LogP contribution is -2.36. The highest BCUT2D eigenvalue weighted by atomic mass is 32.2. The van der Waals surface area contributed by atoms with E-state index < -0.39 is 0 Å². The summed E-state index contributed by atoms with van der Waals surface area (Å²) in [7, 11) is 0. The first kappa shape index (κ1) is 14.3. The molecule has 0 radical (unpaired) electrons. The summed E-state index contributed by atoms with van der Waals surface area (Å²) < 4.78 is 0. The van der Waals surface area contributed by atoms with Crippen LogP contribution >= 0.6 is 11.8 Å². The summed E-state index contributed by atoms with van der Waals surface area (Å²) in [6.07, 6.45) is 6.54. The molecule has 0 aliphatic carbocycles. The number of para-hydroxylation sites is 1. The zero-order valence-electron chi connectivity index (χ0n) is 12.3. The summed E-state index contributed by atoms with van der Waals surface area (Å²) in [6.45, 7) is 3.61. The third-order valence-electron chi connectivity index (χ3n) is 4.47. The SMILES string of the molecule is c1ccc2c(c1)CCCN2CCCNC1CCSCC1. The summed E-state index contributed by atoms with van der Waals surface area (Å²) in [5.74, 6) is 2.69. The van der Waals surface area contributed by atoms with Crippen molar-refractivity contribution in [3.63, 3.8) is 0 Å². The Morgan fingerprint density at radius 2 is 2.05 bits per heavy atom. The van der Waals surface area contributed by atoms with Crippen LogP contribution in [0.15, 0.2) is 24.3 Å². The minimum atomic E-state index is 0.782. The Morgan fingerprint density at radius 1 is 1.20 bits per heavy atom. The van der Waals surface area contributed by atoms with Crippen LogP contribution in [0.1, 0.15) is 31.2 Å². The number of nitrogens with one attached hydrogen (secondary N) is 1. The van der Waals surface area contributed by atoms with Crippen molar-refractivity contribution in [1.82, 2.24) is 5.32 Å². The van der Waals surface area contributed by atoms with Crippen LogP contribution in [-0.2, 0) is 6.42 Å². The second kappa shape index (κ2) is 7.37. The smallest absolute Gasteiger partial charge is 0.0398 e. The van der Waals surface area contributed by atoms with Crippen molar-refractivity contribution in [2.45, 2.75) is 38.1 Å². The predicted molar refractivity (Wildman–Crippen MR) is 89.9 cm³/mol. The molecule has 2 nitrogen and oxygen atoms in total. The molecule has 1 aromatic carbocycles. The van der Waals surface area contributed by atoms with Crippen LogP contribution in [0.2, 0.25) is 0 Å². The monoisotopic (exact) mass is 290 g/mol. The molecule has 0 unspecified atom stereocenters. The molecule has 3 heteroatoms. The normalized spacial score (nSPS) is 19.9. The van der Waals surface area contributed by atoms with Gasteiger partial charge in [0.15, 0.2) is 0 Å². The molecule has 3 rings (SSSR count). The third kappa shape index (κ3) is 3.70. The Bertz CT molecular complexity index is 415. The van der Waals surface area contributed by atoms with Gasteiger partial charge in [0.25, 0.3) is 0 Å². The molecule has 1 aromatic rings. The van der Waals surface area contributed by atoms with E-state index in [0.717, 1.165) is 6.04 Å². The van der Waals surface area contributed by atoms with Crippen LogP contribution in [0.25, 0.3) is 0 Å².